The molecule has 0 aliphatic carbocycles. The normalized spacial score (nSPS) is 12.5. The summed E-state index contributed by atoms with van der Waals surface area (Å²) in [6.07, 6.45) is 2.71. The molecule has 1 aliphatic rings. The quantitative estimate of drug-likeness (QED) is 0.446. The van der Waals surface area contributed by atoms with E-state index in [0.717, 1.165) is 16.8 Å². The fourth-order valence-corrected chi connectivity index (χ4v) is 3.98. The number of amides is 2. The van der Waals surface area contributed by atoms with Gasteiger partial charge >= 0.3 is 5.97 Å². The van der Waals surface area contributed by atoms with Crippen molar-refractivity contribution < 1.29 is 23.9 Å². The van der Waals surface area contributed by atoms with Crippen molar-refractivity contribution >= 4 is 46.7 Å². The molecule has 0 radical (unpaired) electrons. The van der Waals surface area contributed by atoms with Crippen LogP contribution in [0.2, 0.25) is 10.0 Å². The fraction of sp³-hybridized carbons (Fsp3) is 0.320. The topological polar surface area (TPSA) is 130 Å². The summed E-state index contributed by atoms with van der Waals surface area (Å²) in [4.78, 5) is 39.4. The van der Waals surface area contributed by atoms with E-state index in [9.17, 15) is 14.4 Å². The maximum atomic E-state index is 11.8. The predicted molar refractivity (Wildman–Crippen MR) is 139 cm³/mol. The van der Waals surface area contributed by atoms with E-state index >= 15 is 0 Å². The molecule has 37 heavy (non-hydrogen) atoms. The van der Waals surface area contributed by atoms with Gasteiger partial charge in [-0.2, -0.15) is 0 Å². The maximum absolute atomic E-state index is 11.8. The number of ether oxygens (including phenoxy) is 2. The Morgan fingerprint density at radius 2 is 1.92 bits per heavy atom. The Labute approximate surface area is 224 Å². The van der Waals surface area contributed by atoms with Crippen LogP contribution in [0.3, 0.4) is 0 Å². The maximum Gasteiger partial charge on any atom is 0.306 e. The van der Waals surface area contributed by atoms with Crippen LogP contribution >= 0.6 is 23.2 Å². The van der Waals surface area contributed by atoms with Crippen molar-refractivity contribution in [3.05, 3.63) is 69.7 Å². The van der Waals surface area contributed by atoms with Crippen molar-refractivity contribution in [1.82, 2.24) is 14.8 Å². The highest BCUT2D eigenvalue weighted by molar-refractivity contribution is 6.35. The molecule has 0 spiro atoms. The second-order valence-corrected chi connectivity index (χ2v) is 8.80. The lowest BCUT2D eigenvalue weighted by molar-refractivity contribution is -0.143. The van der Waals surface area contributed by atoms with Gasteiger partial charge in [0.1, 0.15) is 12.1 Å². The summed E-state index contributed by atoms with van der Waals surface area (Å²) in [6.45, 7) is 2.92. The van der Waals surface area contributed by atoms with Crippen molar-refractivity contribution in [3.63, 3.8) is 0 Å². The van der Waals surface area contributed by atoms with Gasteiger partial charge in [0.15, 0.2) is 0 Å². The van der Waals surface area contributed by atoms with E-state index in [1.54, 1.807) is 37.1 Å². The van der Waals surface area contributed by atoms with Crippen LogP contribution < -0.4 is 15.4 Å². The zero-order chi connectivity index (χ0) is 26.9. The van der Waals surface area contributed by atoms with E-state index in [2.05, 4.69) is 10.1 Å². The van der Waals surface area contributed by atoms with Crippen LogP contribution in [0.5, 0.6) is 5.75 Å². The minimum Gasteiger partial charge on any atom is -0.491 e. The van der Waals surface area contributed by atoms with Crippen LogP contribution in [0.1, 0.15) is 41.5 Å². The molecule has 2 amide bonds. The molecule has 0 atom stereocenters. The molecule has 196 valence electrons. The number of esters is 1. The number of carbonyl (C=O) groups excluding carboxylic acids is 3. The lowest BCUT2D eigenvalue weighted by Gasteiger charge is -2.17. The lowest BCUT2D eigenvalue weighted by Crippen LogP contribution is -2.25. The molecule has 2 N–H and O–H groups in total. The molecule has 2 heterocycles. The molecule has 4 rings (SSSR count). The van der Waals surface area contributed by atoms with Crippen molar-refractivity contribution in [3.8, 4) is 5.75 Å². The Morgan fingerprint density at radius 3 is 2.57 bits per heavy atom. The van der Waals surface area contributed by atoms with Crippen LogP contribution in [0.25, 0.3) is 0 Å². The second kappa shape index (κ2) is 13.1. The number of nitrogens with two attached hydrogens (primary N) is 1. The smallest absolute Gasteiger partial charge is 0.306 e. The van der Waals surface area contributed by atoms with Gasteiger partial charge in [-0.25, -0.2) is 9.67 Å². The van der Waals surface area contributed by atoms with Crippen LogP contribution in [0.15, 0.2) is 42.7 Å². The third kappa shape index (κ3) is 7.68. The number of fused-ring (bicyclic) bond motifs is 1. The Bertz CT molecular complexity index is 1260. The van der Waals surface area contributed by atoms with Gasteiger partial charge in [-0.05, 0) is 43.2 Å². The number of nitrogens with zero attached hydrogens (tertiary/aromatic N) is 4. The van der Waals surface area contributed by atoms with Crippen molar-refractivity contribution in [2.45, 2.75) is 32.7 Å². The average Bonchev–Trinajstić information content (AvgIpc) is 3.29. The molecule has 0 bridgehead atoms. The van der Waals surface area contributed by atoms with Gasteiger partial charge < -0.3 is 20.1 Å². The highest BCUT2D eigenvalue weighted by Gasteiger charge is 2.20. The first-order valence-electron chi connectivity index (χ1n) is 11.5. The van der Waals surface area contributed by atoms with E-state index in [1.807, 2.05) is 18.2 Å². The summed E-state index contributed by atoms with van der Waals surface area (Å²) in [5.41, 5.74) is 7.52. The van der Waals surface area contributed by atoms with Crippen LogP contribution in [0, 0.1) is 0 Å². The number of carbonyl (C=O) groups is 3. The number of halogens is 2. The largest absolute Gasteiger partial charge is 0.491 e. The summed E-state index contributed by atoms with van der Waals surface area (Å²) in [7, 11) is 1.74. The summed E-state index contributed by atoms with van der Waals surface area (Å²) >= 11 is 12.0. The minimum atomic E-state index is -0.672. The summed E-state index contributed by atoms with van der Waals surface area (Å²) in [6, 6.07) is 10.9. The molecular weight excluding hydrogens is 521 g/mol. The second-order valence-electron chi connectivity index (χ2n) is 7.99. The Hall–Kier alpha value is -3.63. The van der Waals surface area contributed by atoms with Gasteiger partial charge in [0.25, 0.3) is 5.91 Å². The lowest BCUT2D eigenvalue weighted by atomic mass is 10.1. The Kier molecular flexibility index (Phi) is 9.87. The minimum absolute atomic E-state index is 0.0336. The molecule has 3 aromatic rings. The van der Waals surface area contributed by atoms with Crippen LogP contribution in [-0.4, -0.2) is 52.8 Å². The Balaban J connectivity index is 0.000000208. The number of rotatable bonds is 7. The summed E-state index contributed by atoms with van der Waals surface area (Å²) < 4.78 is 11.9. The number of hydrogen-bond acceptors (Lipinski definition) is 7. The first kappa shape index (κ1) is 27.9. The van der Waals surface area contributed by atoms with Gasteiger partial charge in [-0.15, -0.1) is 5.10 Å². The van der Waals surface area contributed by atoms with Gasteiger partial charge in [0.05, 0.1) is 31.9 Å². The zero-order valence-corrected chi connectivity index (χ0v) is 22.0. The van der Waals surface area contributed by atoms with Crippen molar-refractivity contribution in [1.29, 1.82) is 0 Å². The summed E-state index contributed by atoms with van der Waals surface area (Å²) in [5.74, 6) is -0.171. The van der Waals surface area contributed by atoms with Crippen molar-refractivity contribution in [2.24, 2.45) is 5.73 Å². The van der Waals surface area contributed by atoms with E-state index in [0.29, 0.717) is 54.8 Å². The number of aryl methyl sites for hydroxylation is 1. The van der Waals surface area contributed by atoms with E-state index in [-0.39, 0.29) is 17.7 Å². The number of primary amides is 1. The number of aromatic nitrogens is 3. The molecule has 1 aliphatic heterocycles. The molecule has 0 unspecified atom stereocenters. The molecular formula is C25H27Cl2N5O5. The highest BCUT2D eigenvalue weighted by Crippen LogP contribution is 2.32. The average molecular weight is 548 g/mol. The van der Waals surface area contributed by atoms with Gasteiger partial charge in [0, 0.05) is 29.1 Å². The van der Waals surface area contributed by atoms with Crippen molar-refractivity contribution in [2.75, 3.05) is 25.2 Å². The SMILES string of the molecule is CCOC(=O)CCc1ccc2c(c1)N(C)C(=O)CCO2.NC(=O)c1ncn(Cc2c(Cl)cccc2Cl)n1. The third-order valence-corrected chi connectivity index (χ3v) is 6.10. The molecule has 0 saturated heterocycles. The molecule has 0 fully saturated rings. The van der Waals surface area contributed by atoms with Gasteiger partial charge in [0.2, 0.25) is 11.7 Å². The molecule has 12 heteroatoms. The predicted octanol–water partition coefficient (Wildman–Crippen LogP) is 3.66. The molecule has 1 aromatic heterocycles. The number of anilines is 1. The first-order chi connectivity index (χ1) is 17.7. The van der Waals surface area contributed by atoms with Crippen LogP contribution in [0.4, 0.5) is 5.69 Å². The third-order valence-electron chi connectivity index (χ3n) is 5.39. The van der Waals surface area contributed by atoms with Gasteiger partial charge in [-0.1, -0.05) is 35.3 Å². The van der Waals surface area contributed by atoms with E-state index in [4.69, 9.17) is 38.4 Å². The zero-order valence-electron chi connectivity index (χ0n) is 20.4. The Morgan fingerprint density at radius 1 is 1.19 bits per heavy atom. The molecule has 2 aromatic carbocycles. The standard InChI is InChI=1S/C15H19NO4.C10H8Cl2N4O/c1-3-19-15(18)7-5-11-4-6-13-12(10-11)16(2)14(17)8-9-20-13;11-7-2-1-3-8(12)6(7)4-16-5-14-10(15-16)9(13)17/h4,6,10H,3,5,7-9H2,1-2H3;1-3,5H,4H2,(H2,13,17). The molecule has 10 nitrogen and oxygen atoms in total. The number of benzene rings is 2. The molecule has 0 saturated carbocycles. The summed E-state index contributed by atoms with van der Waals surface area (Å²) in [5, 5.41) is 4.97. The first-order valence-corrected chi connectivity index (χ1v) is 12.2. The van der Waals surface area contributed by atoms with Crippen LogP contribution in [-0.2, 0) is 27.3 Å². The monoisotopic (exact) mass is 547 g/mol. The van der Waals surface area contributed by atoms with E-state index < -0.39 is 5.91 Å². The fourth-order valence-electron chi connectivity index (χ4n) is 3.46. The number of hydrogen-bond donors (Lipinski definition) is 1. The van der Waals surface area contributed by atoms with E-state index in [1.165, 1.54) is 11.0 Å². The highest BCUT2D eigenvalue weighted by atomic mass is 35.5. The van der Waals surface area contributed by atoms with Gasteiger partial charge in [-0.3, -0.25) is 14.4 Å².